The molecule has 4 heterocycles. The molecule has 248 valence electrons. The van der Waals surface area contributed by atoms with Crippen molar-refractivity contribution >= 4 is 28.6 Å². The SMILES string of the molecule is Cc1ccc(C(=O)Nc2ccc(CN3CCN(C)CC3)c(C(F)(F)F)c2)cc1C#Cc1cnc2c(Nc3cnn(C(C)C)c3)cccn12. The molecular formula is C36H37F3N8O. The maximum absolute atomic E-state index is 14.1. The van der Waals surface area contributed by atoms with Crippen LogP contribution < -0.4 is 10.6 Å². The molecule has 1 aliphatic rings. The van der Waals surface area contributed by atoms with Crippen molar-refractivity contribution < 1.29 is 18.0 Å². The van der Waals surface area contributed by atoms with Crippen LogP contribution >= 0.6 is 0 Å². The van der Waals surface area contributed by atoms with Gasteiger partial charge in [0.25, 0.3) is 5.91 Å². The quantitative estimate of drug-likeness (QED) is 0.193. The summed E-state index contributed by atoms with van der Waals surface area (Å²) in [7, 11) is 2.00. The zero-order chi connectivity index (χ0) is 34.0. The summed E-state index contributed by atoms with van der Waals surface area (Å²) in [6.07, 6.45) is 2.70. The average Bonchev–Trinajstić information content (AvgIpc) is 3.70. The van der Waals surface area contributed by atoms with E-state index < -0.39 is 17.6 Å². The highest BCUT2D eigenvalue weighted by Gasteiger charge is 2.34. The van der Waals surface area contributed by atoms with E-state index in [-0.39, 0.29) is 29.4 Å². The molecule has 1 aliphatic heterocycles. The van der Waals surface area contributed by atoms with Gasteiger partial charge in [0.1, 0.15) is 5.69 Å². The number of nitrogens with zero attached hydrogens (tertiary/aromatic N) is 6. The average molecular weight is 655 g/mol. The summed E-state index contributed by atoms with van der Waals surface area (Å²) in [5.74, 6) is 5.78. The molecule has 5 aromatic rings. The molecule has 1 fully saturated rings. The lowest BCUT2D eigenvalue weighted by atomic mass is 10.0. The zero-order valence-corrected chi connectivity index (χ0v) is 27.3. The minimum atomic E-state index is -4.55. The summed E-state index contributed by atoms with van der Waals surface area (Å²) in [5, 5.41) is 10.4. The highest BCUT2D eigenvalue weighted by Crippen LogP contribution is 2.35. The molecule has 0 radical (unpaired) electrons. The predicted molar refractivity (Wildman–Crippen MR) is 180 cm³/mol. The molecule has 0 atom stereocenters. The van der Waals surface area contributed by atoms with E-state index in [0.29, 0.717) is 30.0 Å². The molecule has 12 heteroatoms. The summed E-state index contributed by atoms with van der Waals surface area (Å²) >= 11 is 0. The second-order valence-electron chi connectivity index (χ2n) is 12.4. The van der Waals surface area contributed by atoms with Gasteiger partial charge in [0.2, 0.25) is 0 Å². The van der Waals surface area contributed by atoms with Crippen molar-refractivity contribution in [2.45, 2.75) is 39.5 Å². The number of pyridine rings is 1. The van der Waals surface area contributed by atoms with Crippen molar-refractivity contribution in [3.8, 4) is 11.8 Å². The first-order valence-electron chi connectivity index (χ1n) is 15.8. The van der Waals surface area contributed by atoms with Gasteiger partial charge in [0, 0.05) is 68.0 Å². The van der Waals surface area contributed by atoms with Gasteiger partial charge in [0.15, 0.2) is 5.65 Å². The minimum absolute atomic E-state index is 0.0781. The Morgan fingerprint density at radius 1 is 1.00 bits per heavy atom. The highest BCUT2D eigenvalue weighted by atomic mass is 19.4. The van der Waals surface area contributed by atoms with Crippen molar-refractivity contribution in [2.75, 3.05) is 43.9 Å². The fourth-order valence-corrected chi connectivity index (χ4v) is 5.58. The van der Waals surface area contributed by atoms with Crippen molar-refractivity contribution in [1.82, 2.24) is 29.0 Å². The van der Waals surface area contributed by atoms with Crippen molar-refractivity contribution in [1.29, 1.82) is 0 Å². The maximum Gasteiger partial charge on any atom is 0.416 e. The minimum Gasteiger partial charge on any atom is -0.350 e. The number of likely N-dealkylation sites (N-methyl/N-ethyl adjacent to an activating group) is 1. The van der Waals surface area contributed by atoms with Crippen LogP contribution in [0.25, 0.3) is 5.65 Å². The number of alkyl halides is 3. The number of rotatable bonds is 7. The summed E-state index contributed by atoms with van der Waals surface area (Å²) in [6.45, 7) is 9.22. The van der Waals surface area contributed by atoms with E-state index in [2.05, 4.69) is 51.3 Å². The molecule has 3 aromatic heterocycles. The molecule has 1 amide bonds. The van der Waals surface area contributed by atoms with Gasteiger partial charge in [-0.05, 0) is 81.3 Å². The lowest BCUT2D eigenvalue weighted by Crippen LogP contribution is -2.44. The van der Waals surface area contributed by atoms with Crippen molar-refractivity contribution in [3.05, 3.63) is 107 Å². The van der Waals surface area contributed by atoms with E-state index in [1.807, 2.05) is 52.5 Å². The van der Waals surface area contributed by atoms with Crippen LogP contribution in [0.4, 0.5) is 30.2 Å². The van der Waals surface area contributed by atoms with Crippen LogP contribution in [0.2, 0.25) is 0 Å². The van der Waals surface area contributed by atoms with Crippen LogP contribution in [0.15, 0.2) is 73.3 Å². The second-order valence-corrected chi connectivity index (χ2v) is 12.4. The van der Waals surface area contributed by atoms with Gasteiger partial charge in [-0.15, -0.1) is 0 Å². The molecule has 0 spiro atoms. The highest BCUT2D eigenvalue weighted by molar-refractivity contribution is 6.04. The smallest absolute Gasteiger partial charge is 0.350 e. The molecule has 0 aliphatic carbocycles. The van der Waals surface area contributed by atoms with Gasteiger partial charge in [-0.2, -0.15) is 18.3 Å². The lowest BCUT2D eigenvalue weighted by molar-refractivity contribution is -0.138. The number of benzene rings is 2. The van der Waals surface area contributed by atoms with Crippen LogP contribution in [0.5, 0.6) is 0 Å². The number of halogens is 3. The van der Waals surface area contributed by atoms with Crippen LogP contribution in [0.3, 0.4) is 0 Å². The van der Waals surface area contributed by atoms with Gasteiger partial charge < -0.3 is 15.5 Å². The predicted octanol–water partition coefficient (Wildman–Crippen LogP) is 6.58. The van der Waals surface area contributed by atoms with Crippen LogP contribution in [0.1, 0.15) is 58.2 Å². The fourth-order valence-electron chi connectivity index (χ4n) is 5.58. The standard InChI is InChI=1S/C36H37F3N8O/c1-24(2)47-23-30(20-41-47)42-33-6-5-13-46-31(21-40-34(33)46)12-10-26-18-27(8-7-25(26)3)35(48)43-29-11-9-28(32(19-29)36(37,38)39)22-45-16-14-44(4)15-17-45/h5-9,11,13,18-21,23-24,42H,14-17,22H2,1-4H3,(H,43,48). The molecule has 9 nitrogen and oxygen atoms in total. The molecule has 2 N–H and O–H groups in total. The molecule has 0 unspecified atom stereocenters. The normalized spacial score (nSPS) is 14.2. The Morgan fingerprint density at radius 3 is 2.52 bits per heavy atom. The molecule has 6 rings (SSSR count). The Labute approximate surface area is 277 Å². The first kappa shape index (κ1) is 32.8. The van der Waals surface area contributed by atoms with Crippen LogP contribution in [-0.2, 0) is 12.7 Å². The van der Waals surface area contributed by atoms with Gasteiger partial charge in [-0.25, -0.2) is 4.98 Å². The van der Waals surface area contributed by atoms with Crippen molar-refractivity contribution in [3.63, 3.8) is 0 Å². The van der Waals surface area contributed by atoms with Gasteiger partial charge in [-0.1, -0.05) is 18.1 Å². The molecule has 48 heavy (non-hydrogen) atoms. The van der Waals surface area contributed by atoms with E-state index in [1.54, 1.807) is 30.6 Å². The van der Waals surface area contributed by atoms with Gasteiger partial charge in [-0.3, -0.25) is 18.8 Å². The van der Waals surface area contributed by atoms with E-state index in [1.165, 1.54) is 12.1 Å². The number of aryl methyl sites for hydroxylation is 1. The maximum atomic E-state index is 14.1. The van der Waals surface area contributed by atoms with Crippen LogP contribution in [0, 0.1) is 18.8 Å². The van der Waals surface area contributed by atoms with Gasteiger partial charge in [0.05, 0.1) is 29.3 Å². The van der Waals surface area contributed by atoms with E-state index in [0.717, 1.165) is 36.1 Å². The summed E-state index contributed by atoms with van der Waals surface area (Å²) < 4.78 is 46.0. The molecule has 2 aromatic carbocycles. The summed E-state index contributed by atoms with van der Waals surface area (Å²) in [6, 6.07) is 13.1. The first-order chi connectivity index (χ1) is 22.9. The van der Waals surface area contributed by atoms with Crippen LogP contribution in [-0.4, -0.2) is 68.1 Å². The van der Waals surface area contributed by atoms with E-state index in [9.17, 15) is 18.0 Å². The number of aromatic nitrogens is 4. The number of fused-ring (bicyclic) bond motifs is 1. The Hall–Kier alpha value is -5.12. The zero-order valence-electron chi connectivity index (χ0n) is 27.3. The Morgan fingerprint density at radius 2 is 1.79 bits per heavy atom. The first-order valence-corrected chi connectivity index (χ1v) is 15.8. The fraction of sp³-hybridized carbons (Fsp3) is 0.306. The number of carbonyl (C=O) groups is 1. The monoisotopic (exact) mass is 654 g/mol. The third-order valence-electron chi connectivity index (χ3n) is 8.43. The Kier molecular flexibility index (Phi) is 9.26. The largest absolute Gasteiger partial charge is 0.416 e. The Balaban J connectivity index is 1.19. The molecule has 0 saturated carbocycles. The molecule has 0 bridgehead atoms. The number of imidazole rings is 1. The summed E-state index contributed by atoms with van der Waals surface area (Å²) in [5.41, 5.74) is 4.26. The number of hydrogen-bond acceptors (Lipinski definition) is 6. The number of carbonyl (C=O) groups excluding carboxylic acids is 1. The van der Waals surface area contributed by atoms with E-state index >= 15 is 0 Å². The third-order valence-corrected chi connectivity index (χ3v) is 8.43. The number of piperazine rings is 1. The van der Waals surface area contributed by atoms with Gasteiger partial charge >= 0.3 is 6.18 Å². The number of nitrogens with one attached hydrogen (secondary N) is 2. The number of anilines is 3. The second kappa shape index (κ2) is 13.5. The van der Waals surface area contributed by atoms with E-state index in [4.69, 9.17) is 0 Å². The lowest BCUT2D eigenvalue weighted by Gasteiger charge is -2.33. The number of hydrogen-bond donors (Lipinski definition) is 2. The molecular weight excluding hydrogens is 617 g/mol. The van der Waals surface area contributed by atoms with Crippen molar-refractivity contribution in [2.24, 2.45) is 0 Å². The summed E-state index contributed by atoms with van der Waals surface area (Å²) in [4.78, 5) is 22.0. The Bertz CT molecular complexity index is 2010. The third kappa shape index (κ3) is 7.38. The number of amides is 1. The molecule has 1 saturated heterocycles. The topological polar surface area (TPSA) is 82.7 Å².